The molecule has 0 radical (unpaired) electrons. The second-order valence-electron chi connectivity index (χ2n) is 4.98. The molecule has 0 spiro atoms. The molecular formula is C13H20N4O5S. The van der Waals surface area contributed by atoms with Crippen LogP contribution in [0.25, 0.3) is 0 Å². The summed E-state index contributed by atoms with van der Waals surface area (Å²) in [4.78, 5) is 33.9. The molecule has 0 fully saturated rings. The minimum atomic E-state index is -0.832. The van der Waals surface area contributed by atoms with Gasteiger partial charge < -0.3 is 20.2 Å². The average molecular weight is 344 g/mol. The fraction of sp³-hybridized carbons (Fsp3) is 0.615. The molecule has 0 saturated heterocycles. The van der Waals surface area contributed by atoms with E-state index in [0.717, 1.165) is 0 Å². The Kier molecular flexibility index (Phi) is 7.01. The van der Waals surface area contributed by atoms with Crippen molar-refractivity contribution in [1.29, 1.82) is 0 Å². The zero-order valence-electron chi connectivity index (χ0n) is 13.2. The van der Waals surface area contributed by atoms with Crippen LogP contribution in [0.4, 0.5) is 5.82 Å². The number of hydrogen-bond acceptors (Lipinski definition) is 7. The molecular weight excluding hydrogens is 324 g/mol. The number of nitrogens with one attached hydrogen (secondary N) is 1. The van der Waals surface area contributed by atoms with Crippen molar-refractivity contribution in [2.45, 2.75) is 33.4 Å². The molecule has 1 rings (SSSR count). The van der Waals surface area contributed by atoms with E-state index in [1.807, 2.05) is 0 Å². The molecule has 1 N–H and O–H groups in total. The van der Waals surface area contributed by atoms with Gasteiger partial charge in [-0.1, -0.05) is 6.92 Å². The minimum Gasteiger partial charge on any atom is -0.464 e. The van der Waals surface area contributed by atoms with Crippen molar-refractivity contribution in [2.24, 2.45) is 5.92 Å². The lowest BCUT2D eigenvalue weighted by Gasteiger charge is -2.17. The summed E-state index contributed by atoms with van der Waals surface area (Å²) >= 11 is 4.02. The molecule has 0 bridgehead atoms. The number of aryl methyl sites for hydroxylation is 1. The number of carbonyl (C=O) groups is 2. The minimum absolute atomic E-state index is 0.115. The lowest BCUT2D eigenvalue weighted by atomic mass is 10.1. The largest absolute Gasteiger partial charge is 0.464 e. The van der Waals surface area contributed by atoms with Gasteiger partial charge in [-0.3, -0.25) is 4.79 Å². The standard InChI is InChI=1S/C13H20N4O5S/c1-4-22-13(19)10(7-23)14-12(18)8(2)6-16-9(3)5-11(15-16)17(20)21/h5,8,10,23H,4,6-7H2,1-3H3,(H,14,18)/t8?,10-/m0/s1. The number of carbonyl (C=O) groups excluding carboxylic acids is 2. The first-order valence-corrected chi connectivity index (χ1v) is 7.70. The smallest absolute Gasteiger partial charge is 0.390 e. The quantitative estimate of drug-likeness (QED) is 0.310. The molecule has 23 heavy (non-hydrogen) atoms. The van der Waals surface area contributed by atoms with Crippen LogP contribution in [0.3, 0.4) is 0 Å². The summed E-state index contributed by atoms with van der Waals surface area (Å²) in [7, 11) is 0. The van der Waals surface area contributed by atoms with Crippen LogP contribution in [0.5, 0.6) is 0 Å². The second-order valence-corrected chi connectivity index (χ2v) is 5.35. The van der Waals surface area contributed by atoms with Crippen LogP contribution in [-0.4, -0.2) is 45.0 Å². The van der Waals surface area contributed by atoms with Gasteiger partial charge in [0.25, 0.3) is 0 Å². The summed E-state index contributed by atoms with van der Waals surface area (Å²) in [5.41, 5.74) is 0.576. The predicted octanol–water partition coefficient (Wildman–Crippen LogP) is 0.714. The number of hydrogen-bond donors (Lipinski definition) is 2. The number of aromatic nitrogens is 2. The van der Waals surface area contributed by atoms with Gasteiger partial charge in [0.05, 0.1) is 35.9 Å². The third kappa shape index (κ3) is 5.23. The van der Waals surface area contributed by atoms with Crippen LogP contribution in [0.2, 0.25) is 0 Å². The molecule has 0 aliphatic rings. The van der Waals surface area contributed by atoms with Crippen LogP contribution in [-0.2, 0) is 20.9 Å². The Morgan fingerprint density at radius 1 is 1.57 bits per heavy atom. The normalized spacial score (nSPS) is 13.2. The Bertz CT molecular complexity index is 589. The highest BCUT2D eigenvalue weighted by Crippen LogP contribution is 2.13. The third-order valence-corrected chi connectivity index (χ3v) is 3.49. The fourth-order valence-corrected chi connectivity index (χ4v) is 2.09. The number of rotatable bonds is 8. The Morgan fingerprint density at radius 3 is 2.70 bits per heavy atom. The van der Waals surface area contributed by atoms with E-state index in [-0.39, 0.29) is 30.6 Å². The maximum atomic E-state index is 12.1. The SMILES string of the molecule is CCOC(=O)[C@H](CS)NC(=O)C(C)Cn1nc([N+](=O)[O-])cc1C. The van der Waals surface area contributed by atoms with Gasteiger partial charge in [-0.15, -0.1) is 0 Å². The number of ether oxygens (including phenoxy) is 1. The van der Waals surface area contributed by atoms with Gasteiger partial charge in [0.1, 0.15) is 6.04 Å². The Morgan fingerprint density at radius 2 is 2.22 bits per heavy atom. The van der Waals surface area contributed by atoms with Crippen LogP contribution >= 0.6 is 12.6 Å². The first kappa shape index (κ1) is 18.9. The van der Waals surface area contributed by atoms with Gasteiger partial charge in [-0.25, -0.2) is 4.79 Å². The molecule has 1 amide bonds. The summed E-state index contributed by atoms with van der Waals surface area (Å²) in [6.07, 6.45) is 0. The van der Waals surface area contributed by atoms with E-state index >= 15 is 0 Å². The van der Waals surface area contributed by atoms with E-state index in [1.54, 1.807) is 20.8 Å². The number of thiol groups is 1. The molecule has 1 aromatic rings. The molecule has 1 heterocycles. The van der Waals surface area contributed by atoms with Crippen LogP contribution in [0, 0.1) is 23.0 Å². The van der Waals surface area contributed by atoms with E-state index < -0.39 is 22.9 Å². The molecule has 128 valence electrons. The second kappa shape index (κ2) is 8.51. The van der Waals surface area contributed by atoms with Crippen molar-refractivity contribution >= 4 is 30.3 Å². The lowest BCUT2D eigenvalue weighted by Crippen LogP contribution is -2.46. The molecule has 10 heteroatoms. The maximum absolute atomic E-state index is 12.1. The molecule has 0 aliphatic heterocycles. The zero-order valence-corrected chi connectivity index (χ0v) is 14.1. The summed E-state index contributed by atoms with van der Waals surface area (Å²) in [6, 6.07) is 0.501. The van der Waals surface area contributed by atoms with Crippen molar-refractivity contribution in [1.82, 2.24) is 15.1 Å². The van der Waals surface area contributed by atoms with Crippen molar-refractivity contribution in [3.8, 4) is 0 Å². The molecule has 1 aromatic heterocycles. The van der Waals surface area contributed by atoms with Gasteiger partial charge >= 0.3 is 11.8 Å². The maximum Gasteiger partial charge on any atom is 0.390 e. The summed E-state index contributed by atoms with van der Waals surface area (Å²) < 4.78 is 6.24. The molecule has 0 aliphatic carbocycles. The predicted molar refractivity (Wildman–Crippen MR) is 85.2 cm³/mol. The van der Waals surface area contributed by atoms with E-state index in [2.05, 4.69) is 23.0 Å². The van der Waals surface area contributed by atoms with E-state index in [0.29, 0.717) is 5.69 Å². The number of nitrogens with zero attached hydrogens (tertiary/aromatic N) is 3. The number of esters is 1. The lowest BCUT2D eigenvalue weighted by molar-refractivity contribution is -0.389. The highest BCUT2D eigenvalue weighted by atomic mass is 32.1. The molecule has 9 nitrogen and oxygen atoms in total. The molecule has 0 aromatic carbocycles. The van der Waals surface area contributed by atoms with Gasteiger partial charge in [0.15, 0.2) is 0 Å². The van der Waals surface area contributed by atoms with Crippen molar-refractivity contribution in [3.63, 3.8) is 0 Å². The van der Waals surface area contributed by atoms with Crippen LogP contribution in [0.1, 0.15) is 19.5 Å². The first-order chi connectivity index (χ1) is 10.8. The van der Waals surface area contributed by atoms with Crippen molar-refractivity contribution in [3.05, 3.63) is 21.9 Å². The number of amides is 1. The first-order valence-electron chi connectivity index (χ1n) is 7.06. The van der Waals surface area contributed by atoms with E-state index in [9.17, 15) is 19.7 Å². The Balaban J connectivity index is 2.69. The van der Waals surface area contributed by atoms with Crippen LogP contribution in [0.15, 0.2) is 6.07 Å². The summed E-state index contributed by atoms with van der Waals surface area (Å²) in [6.45, 7) is 5.35. The van der Waals surface area contributed by atoms with Crippen molar-refractivity contribution in [2.75, 3.05) is 12.4 Å². The Hall–Kier alpha value is -2.10. The number of nitro groups is 1. The molecule has 0 saturated carbocycles. The summed E-state index contributed by atoms with van der Waals surface area (Å²) in [5, 5.41) is 17.1. The highest BCUT2D eigenvalue weighted by molar-refractivity contribution is 7.80. The van der Waals surface area contributed by atoms with Gasteiger partial charge in [0.2, 0.25) is 5.91 Å². The fourth-order valence-electron chi connectivity index (χ4n) is 1.85. The van der Waals surface area contributed by atoms with E-state index in [4.69, 9.17) is 4.74 Å². The van der Waals surface area contributed by atoms with Crippen LogP contribution < -0.4 is 5.32 Å². The topological polar surface area (TPSA) is 116 Å². The zero-order chi connectivity index (χ0) is 17.6. The molecule has 2 atom stereocenters. The average Bonchev–Trinajstić information content (AvgIpc) is 2.86. The Labute approximate surface area is 138 Å². The molecule has 1 unspecified atom stereocenters. The van der Waals surface area contributed by atoms with E-state index in [1.165, 1.54) is 10.7 Å². The monoisotopic (exact) mass is 344 g/mol. The summed E-state index contributed by atoms with van der Waals surface area (Å²) in [5.74, 6) is -1.62. The third-order valence-electron chi connectivity index (χ3n) is 3.12. The van der Waals surface area contributed by atoms with Gasteiger partial charge in [0, 0.05) is 5.75 Å². The highest BCUT2D eigenvalue weighted by Gasteiger charge is 2.25. The van der Waals surface area contributed by atoms with Crippen molar-refractivity contribution < 1.29 is 19.2 Å². The van der Waals surface area contributed by atoms with Gasteiger partial charge in [-0.05, 0) is 18.8 Å². The van der Waals surface area contributed by atoms with Gasteiger partial charge in [-0.2, -0.15) is 17.3 Å².